The number of aryl methyl sites for hydroxylation is 1. The maximum Gasteiger partial charge on any atom is 0.323 e. The molecule has 0 spiro atoms. The Balaban J connectivity index is 2.51. The van der Waals surface area contributed by atoms with E-state index in [-0.39, 0.29) is 4.90 Å². The summed E-state index contributed by atoms with van der Waals surface area (Å²) in [6.45, 7) is -21.7. The molecule has 2 aliphatic rings. The molecule has 2 heterocycles. The molecule has 0 aliphatic carbocycles. The van der Waals surface area contributed by atoms with E-state index in [0.717, 1.165) is 0 Å². The molecule has 1 saturated heterocycles. The topological polar surface area (TPSA) is 74.0 Å². The molecule has 6 nitrogen and oxygen atoms in total. The highest BCUT2D eigenvalue weighted by Gasteiger charge is 2.41. The van der Waals surface area contributed by atoms with Gasteiger partial charge in [0.05, 0.1) is 25.0 Å². The number of benzene rings is 1. The SMILES string of the molecule is [2H]C([2H])([2H])Oc1cc2c(cc1OC([2H])([2H])[2H])C([2H])([2H])C([2H])([2H])N1CC(C([2H])([2H])C([2H])(C([2H])([2H])[2H])C([2H])([2H])[2H])C(OC(=O)[C@@]([2H])(N)C([2H])(C([2H])([2H])[2H])C([2H])([2H])[2H])CC21[2H]. The van der Waals surface area contributed by atoms with Crippen molar-refractivity contribution in [3.05, 3.63) is 23.3 Å². The first-order valence-corrected chi connectivity index (χ1v) is 8.46. The molecule has 3 rings (SSSR count). The Morgan fingerprint density at radius 1 is 1.37 bits per heavy atom. The zero-order valence-electron chi connectivity index (χ0n) is 43.4. The molecule has 1 aromatic carbocycles. The molecule has 2 N–H and O–H groups in total. The molecule has 30 heavy (non-hydrogen) atoms. The normalized spacial score (nSPS) is 49.2. The second-order valence-electron chi connectivity index (χ2n) is 6.41. The van der Waals surface area contributed by atoms with Crippen LogP contribution in [0.4, 0.5) is 0 Å². The Hall–Kier alpha value is -1.79. The summed E-state index contributed by atoms with van der Waals surface area (Å²) in [5, 5.41) is 0. The fourth-order valence-corrected chi connectivity index (χ4v) is 3.18. The van der Waals surface area contributed by atoms with Crippen molar-refractivity contribution in [3.8, 4) is 11.5 Å². The number of fused-ring (bicyclic) bond motifs is 3. The molecule has 0 aromatic heterocycles. The van der Waals surface area contributed by atoms with E-state index >= 15 is 0 Å². The van der Waals surface area contributed by atoms with Crippen molar-refractivity contribution in [3.63, 3.8) is 0 Å². The van der Waals surface area contributed by atoms with Crippen LogP contribution in [0, 0.1) is 17.7 Å². The van der Waals surface area contributed by atoms with Crippen LogP contribution in [0.2, 0.25) is 0 Å². The monoisotopic (exact) mass is 446 g/mol. The number of ether oxygens (including phenoxy) is 3. The quantitative estimate of drug-likeness (QED) is 0.646. The predicted molar refractivity (Wildman–Crippen MR) is 118 cm³/mol. The lowest BCUT2D eigenvalue weighted by atomic mass is 9.79. The number of nitrogens with two attached hydrogens (primary N) is 1. The van der Waals surface area contributed by atoms with Gasteiger partial charge in [0.2, 0.25) is 0 Å². The van der Waals surface area contributed by atoms with Crippen LogP contribution in [0.3, 0.4) is 0 Å². The van der Waals surface area contributed by atoms with E-state index in [2.05, 4.69) is 0 Å². The summed E-state index contributed by atoms with van der Waals surface area (Å²) in [5.41, 5.74) is 3.87. The first-order chi connectivity index (χ1) is 25.1. The summed E-state index contributed by atoms with van der Waals surface area (Å²) in [7, 11) is -6.80. The average molecular weight is 447 g/mol. The Morgan fingerprint density at radius 2 is 2.13 bits per heavy atom. The summed E-state index contributed by atoms with van der Waals surface area (Å²) >= 11 is 0. The Morgan fingerprint density at radius 3 is 2.83 bits per heavy atom. The third-order valence-electron chi connectivity index (χ3n) is 4.57. The minimum Gasteiger partial charge on any atom is -0.493 e. The van der Waals surface area contributed by atoms with Crippen molar-refractivity contribution in [2.45, 2.75) is 64.7 Å². The largest absolute Gasteiger partial charge is 0.493 e. The van der Waals surface area contributed by atoms with Gasteiger partial charge in [-0.1, -0.05) is 27.4 Å². The lowest BCUT2D eigenvalue weighted by molar-refractivity contribution is -0.160. The molecule has 1 aromatic rings. The van der Waals surface area contributed by atoms with Gasteiger partial charge < -0.3 is 19.9 Å². The molecule has 168 valence electrons. The van der Waals surface area contributed by atoms with Crippen molar-refractivity contribution in [1.29, 1.82) is 0 Å². The van der Waals surface area contributed by atoms with E-state index in [9.17, 15) is 6.17 Å². The summed E-state index contributed by atoms with van der Waals surface area (Å²) in [6.07, 6.45) is -11.7. The van der Waals surface area contributed by atoms with E-state index in [1.807, 2.05) is 0 Å². The third kappa shape index (κ3) is 4.75. The number of carbonyl (C=O) groups is 1. The Labute approximate surface area is 220 Å². The van der Waals surface area contributed by atoms with Gasteiger partial charge in [0.1, 0.15) is 12.1 Å². The van der Waals surface area contributed by atoms with Gasteiger partial charge in [0.25, 0.3) is 0 Å². The fourth-order valence-electron chi connectivity index (χ4n) is 3.18. The fraction of sp³-hybridized carbons (Fsp3) is 0.708. The van der Waals surface area contributed by atoms with E-state index in [1.54, 1.807) is 0 Å². The Kier molecular flexibility index (Phi) is 1.97. The molecule has 3 unspecified atom stereocenters. The van der Waals surface area contributed by atoms with E-state index in [0.29, 0.717) is 12.1 Å². The van der Waals surface area contributed by atoms with Gasteiger partial charge in [-0.25, -0.2) is 0 Å². The van der Waals surface area contributed by atoms with Crippen LogP contribution in [0.5, 0.6) is 11.5 Å². The summed E-state index contributed by atoms with van der Waals surface area (Å²) in [6, 6.07) is -6.24. The molecule has 0 radical (unpaired) electrons. The third-order valence-corrected chi connectivity index (χ3v) is 4.57. The number of nitrogens with zero attached hydrogens (tertiary/aromatic N) is 1. The van der Waals surface area contributed by atoms with Crippen molar-refractivity contribution in [1.82, 2.24) is 4.90 Å². The van der Waals surface area contributed by atoms with E-state index in [1.165, 1.54) is 0 Å². The maximum atomic E-state index is 13.8. The maximum absolute atomic E-state index is 13.8. The minimum atomic E-state index is -4.26. The van der Waals surface area contributed by atoms with Gasteiger partial charge in [-0.3, -0.25) is 9.69 Å². The predicted octanol–water partition coefficient (Wildman–Crippen LogP) is 3.56. The van der Waals surface area contributed by atoms with Crippen LogP contribution in [-0.2, 0) is 15.9 Å². The van der Waals surface area contributed by atoms with Crippen LogP contribution in [0.1, 0.15) is 95.7 Å². The number of rotatable bonds is 7. The highest BCUT2D eigenvalue weighted by Crippen LogP contribution is 2.44. The van der Waals surface area contributed by atoms with E-state index in [4.69, 9.17) is 57.0 Å². The summed E-state index contributed by atoms with van der Waals surface area (Å²) in [4.78, 5) is 14.0. The minimum absolute atomic E-state index is 0.189. The summed E-state index contributed by atoms with van der Waals surface area (Å²) < 4.78 is 242. The molecule has 2 aliphatic heterocycles. The number of hydrogen-bond acceptors (Lipinski definition) is 6. The zero-order chi connectivity index (χ0) is 46.1. The van der Waals surface area contributed by atoms with Crippen molar-refractivity contribution >= 4 is 5.97 Å². The van der Waals surface area contributed by atoms with Gasteiger partial charge in [-0.2, -0.15) is 0 Å². The molecule has 1 fully saturated rings. The zero-order valence-corrected chi connectivity index (χ0v) is 15.4. The molecular weight excluding hydrogens is 380 g/mol. The van der Waals surface area contributed by atoms with Crippen molar-refractivity contribution in [2.24, 2.45) is 23.4 Å². The average Bonchev–Trinajstić information content (AvgIpc) is 2.95. The van der Waals surface area contributed by atoms with E-state index < -0.39 is 138 Å². The van der Waals surface area contributed by atoms with Crippen LogP contribution < -0.4 is 15.2 Å². The number of carbonyl (C=O) groups excluding carboxylic acids is 1. The van der Waals surface area contributed by atoms with Gasteiger partial charge in [-0.05, 0) is 47.8 Å². The number of esters is 1. The van der Waals surface area contributed by atoms with Crippen molar-refractivity contribution < 1.29 is 57.4 Å². The molecule has 6 heteroatoms. The second-order valence-corrected chi connectivity index (χ2v) is 6.41. The van der Waals surface area contributed by atoms with Crippen molar-refractivity contribution in [2.75, 3.05) is 27.1 Å². The van der Waals surface area contributed by atoms with Gasteiger partial charge in [-0.15, -0.1) is 0 Å². The van der Waals surface area contributed by atoms with Crippen LogP contribution in [-0.4, -0.2) is 50.1 Å². The van der Waals surface area contributed by atoms with Gasteiger partial charge in [0.15, 0.2) is 11.5 Å². The molecule has 0 amide bonds. The number of hydrogen-bond donors (Lipinski definition) is 1. The number of piperidine rings is 1. The van der Waals surface area contributed by atoms with Crippen LogP contribution in [0.15, 0.2) is 12.1 Å². The first-order valence-electron chi connectivity index (χ1n) is 22.5. The smallest absolute Gasteiger partial charge is 0.323 e. The standard InChI is InChI=1S/C24H38N2O4/c1-14(2)9-17-13-26-8-7-16-10-21(28-5)22(29-6)11-18(16)19(26)12-20(17)30-24(27)23(25)15(3)4/h10-11,14-15,17,19-20,23H,7-9,12-13,25H2,1-6H3/t17?,19?,20?,23-/m0/s1/i1D3,2D3,3D3,4D3,5D3,6D3,7D2,8D2,9D2,14D,15D,19D,23D. The number of methoxy groups -OCH3 is 2. The molecule has 0 bridgehead atoms. The lowest BCUT2D eigenvalue weighted by Crippen LogP contribution is -2.51. The second kappa shape index (κ2) is 9.56. The van der Waals surface area contributed by atoms with Crippen LogP contribution in [0.25, 0.3) is 0 Å². The van der Waals surface area contributed by atoms with Gasteiger partial charge >= 0.3 is 5.97 Å². The highest BCUT2D eigenvalue weighted by molar-refractivity contribution is 5.76. The molecular formula is C24H38N2O4. The Bertz CT molecular complexity index is 1710. The summed E-state index contributed by atoms with van der Waals surface area (Å²) in [5.74, 6) is -15.7. The molecule has 0 saturated carbocycles. The van der Waals surface area contributed by atoms with Gasteiger partial charge in [0, 0.05) is 58.8 Å². The van der Waals surface area contributed by atoms with Crippen LogP contribution >= 0.6 is 0 Å². The first kappa shape index (κ1) is 6.16. The lowest BCUT2D eigenvalue weighted by Gasteiger charge is -2.47. The highest BCUT2D eigenvalue weighted by atomic mass is 16.5. The molecule has 4 atom stereocenters.